The average molecular weight is 276 g/mol. The zero-order chi connectivity index (χ0) is 14.5. The minimum absolute atomic E-state index is 0.169. The van der Waals surface area contributed by atoms with Crippen LogP contribution in [0, 0.1) is 16.0 Å². The molecule has 0 spiro atoms. The molecule has 0 unspecified atom stereocenters. The van der Waals surface area contributed by atoms with Crippen molar-refractivity contribution in [2.75, 3.05) is 13.1 Å². The number of rotatable bonds is 5. The summed E-state index contributed by atoms with van der Waals surface area (Å²) in [5, 5.41) is 10.9. The maximum absolute atomic E-state index is 10.9. The van der Waals surface area contributed by atoms with Crippen LogP contribution in [0.2, 0.25) is 0 Å². The molecule has 0 N–H and O–H groups in total. The van der Waals surface area contributed by atoms with Crippen LogP contribution in [0.3, 0.4) is 0 Å². The van der Waals surface area contributed by atoms with Gasteiger partial charge in [0.25, 0.3) is 5.69 Å². The number of piperidine rings is 1. The van der Waals surface area contributed by atoms with Crippen molar-refractivity contribution in [2.24, 2.45) is 5.92 Å². The summed E-state index contributed by atoms with van der Waals surface area (Å²) in [6.45, 7) is 4.49. The van der Waals surface area contributed by atoms with Gasteiger partial charge in [-0.15, -0.1) is 0 Å². The van der Waals surface area contributed by atoms with Crippen molar-refractivity contribution < 1.29 is 9.72 Å². The fourth-order valence-corrected chi connectivity index (χ4v) is 2.65. The van der Waals surface area contributed by atoms with E-state index in [0.717, 1.165) is 56.3 Å². The highest BCUT2D eigenvalue weighted by atomic mass is 16.6. The molecule has 1 saturated heterocycles. The Morgan fingerprint density at radius 1 is 1.30 bits per heavy atom. The number of nitro groups is 1. The summed E-state index contributed by atoms with van der Waals surface area (Å²) < 4.78 is 0. The molecular formula is C15H20N2O3. The molecule has 108 valence electrons. The third-order valence-corrected chi connectivity index (χ3v) is 3.89. The smallest absolute Gasteiger partial charge is 0.270 e. The number of hydrogen-bond acceptors (Lipinski definition) is 4. The quantitative estimate of drug-likeness (QED) is 0.471. The normalized spacial score (nSPS) is 17.1. The molecule has 1 fully saturated rings. The van der Waals surface area contributed by atoms with Crippen LogP contribution in [0.4, 0.5) is 5.69 Å². The number of likely N-dealkylation sites (tertiary alicyclic amines) is 1. The van der Waals surface area contributed by atoms with Gasteiger partial charge in [0.15, 0.2) is 0 Å². The predicted molar refractivity (Wildman–Crippen MR) is 76.5 cm³/mol. The molecule has 1 aromatic rings. The highest BCUT2D eigenvalue weighted by molar-refractivity contribution is 5.53. The SMILES string of the molecule is CCc1cc(CN2CCC(C=O)CC2)cc([N+](=O)[O-])c1. The lowest BCUT2D eigenvalue weighted by Crippen LogP contribution is -2.33. The van der Waals surface area contributed by atoms with Crippen molar-refractivity contribution in [2.45, 2.75) is 32.7 Å². The molecule has 5 heteroatoms. The van der Waals surface area contributed by atoms with Crippen molar-refractivity contribution in [3.8, 4) is 0 Å². The molecule has 0 amide bonds. The number of non-ortho nitro benzene ring substituents is 1. The van der Waals surface area contributed by atoms with Gasteiger partial charge in [0.1, 0.15) is 6.29 Å². The standard InChI is InChI=1S/C15H20N2O3/c1-2-12-7-14(9-15(8-12)17(19)20)10-16-5-3-13(11-18)4-6-16/h7-9,11,13H,2-6,10H2,1H3. The van der Waals surface area contributed by atoms with Gasteiger partial charge in [0.2, 0.25) is 0 Å². The van der Waals surface area contributed by atoms with E-state index in [0.29, 0.717) is 0 Å². The summed E-state index contributed by atoms with van der Waals surface area (Å²) in [6, 6.07) is 5.34. The third kappa shape index (κ3) is 3.63. The van der Waals surface area contributed by atoms with Gasteiger partial charge in [-0.25, -0.2) is 0 Å². The molecule has 1 aliphatic rings. The van der Waals surface area contributed by atoms with Crippen LogP contribution in [-0.2, 0) is 17.8 Å². The number of aryl methyl sites for hydroxylation is 1. The molecule has 1 heterocycles. The lowest BCUT2D eigenvalue weighted by atomic mass is 9.98. The zero-order valence-electron chi connectivity index (χ0n) is 11.7. The Morgan fingerprint density at radius 3 is 2.50 bits per heavy atom. The van der Waals surface area contributed by atoms with Crippen LogP contribution in [-0.4, -0.2) is 29.2 Å². The van der Waals surface area contributed by atoms with Gasteiger partial charge in [-0.1, -0.05) is 13.0 Å². The summed E-state index contributed by atoms with van der Waals surface area (Å²) >= 11 is 0. The van der Waals surface area contributed by atoms with E-state index in [1.807, 2.05) is 13.0 Å². The second-order valence-corrected chi connectivity index (χ2v) is 5.37. The average Bonchev–Trinajstić information content (AvgIpc) is 2.47. The molecule has 1 aliphatic heterocycles. The van der Waals surface area contributed by atoms with Crippen LogP contribution in [0.5, 0.6) is 0 Å². The minimum Gasteiger partial charge on any atom is -0.303 e. The maximum atomic E-state index is 10.9. The number of carbonyl (C=O) groups is 1. The minimum atomic E-state index is -0.332. The van der Waals surface area contributed by atoms with Gasteiger partial charge in [0, 0.05) is 24.6 Å². The molecule has 0 radical (unpaired) electrons. The van der Waals surface area contributed by atoms with Gasteiger partial charge < -0.3 is 4.79 Å². The lowest BCUT2D eigenvalue weighted by molar-refractivity contribution is -0.385. The predicted octanol–water partition coefficient (Wildman–Crippen LogP) is 2.57. The fourth-order valence-electron chi connectivity index (χ4n) is 2.65. The number of aldehydes is 1. The van der Waals surface area contributed by atoms with Crippen molar-refractivity contribution in [3.05, 3.63) is 39.4 Å². The largest absolute Gasteiger partial charge is 0.303 e. The Balaban J connectivity index is 2.07. The second kappa shape index (κ2) is 6.61. The van der Waals surface area contributed by atoms with Crippen molar-refractivity contribution in [1.82, 2.24) is 4.90 Å². The Bertz CT molecular complexity index is 494. The highest BCUT2D eigenvalue weighted by Crippen LogP contribution is 2.21. The van der Waals surface area contributed by atoms with Crippen LogP contribution in [0.1, 0.15) is 30.9 Å². The summed E-state index contributed by atoms with van der Waals surface area (Å²) in [6.07, 6.45) is 3.61. The second-order valence-electron chi connectivity index (χ2n) is 5.37. The summed E-state index contributed by atoms with van der Waals surface area (Å²) in [7, 11) is 0. The van der Waals surface area contributed by atoms with Crippen LogP contribution < -0.4 is 0 Å². The van der Waals surface area contributed by atoms with E-state index in [4.69, 9.17) is 0 Å². The van der Waals surface area contributed by atoms with E-state index in [1.165, 1.54) is 0 Å². The van der Waals surface area contributed by atoms with E-state index in [1.54, 1.807) is 12.1 Å². The van der Waals surface area contributed by atoms with Gasteiger partial charge in [0.05, 0.1) is 4.92 Å². The molecule has 0 aliphatic carbocycles. The first-order chi connectivity index (χ1) is 9.62. The van der Waals surface area contributed by atoms with Crippen molar-refractivity contribution >= 4 is 12.0 Å². The van der Waals surface area contributed by atoms with Gasteiger partial charge in [-0.2, -0.15) is 0 Å². The van der Waals surface area contributed by atoms with E-state index in [2.05, 4.69) is 4.90 Å². The van der Waals surface area contributed by atoms with Crippen LogP contribution in [0.25, 0.3) is 0 Å². The fraction of sp³-hybridized carbons (Fsp3) is 0.533. The number of carbonyl (C=O) groups excluding carboxylic acids is 1. The van der Waals surface area contributed by atoms with E-state index in [9.17, 15) is 14.9 Å². The van der Waals surface area contributed by atoms with Crippen molar-refractivity contribution in [3.63, 3.8) is 0 Å². The zero-order valence-corrected chi connectivity index (χ0v) is 11.7. The lowest BCUT2D eigenvalue weighted by Gasteiger charge is -2.29. The van der Waals surface area contributed by atoms with Crippen LogP contribution >= 0.6 is 0 Å². The Hall–Kier alpha value is -1.75. The van der Waals surface area contributed by atoms with Gasteiger partial charge in [-0.3, -0.25) is 15.0 Å². The Morgan fingerprint density at radius 2 is 1.95 bits per heavy atom. The van der Waals surface area contributed by atoms with Gasteiger partial charge >= 0.3 is 0 Å². The Kier molecular flexibility index (Phi) is 4.84. The monoisotopic (exact) mass is 276 g/mol. The van der Waals surface area contributed by atoms with E-state index >= 15 is 0 Å². The first kappa shape index (κ1) is 14.7. The number of nitrogens with zero attached hydrogens (tertiary/aromatic N) is 2. The number of hydrogen-bond donors (Lipinski definition) is 0. The molecule has 0 atom stereocenters. The Labute approximate surface area is 118 Å². The molecule has 0 saturated carbocycles. The number of nitro benzene ring substituents is 1. The molecule has 0 aromatic heterocycles. The molecule has 5 nitrogen and oxygen atoms in total. The van der Waals surface area contributed by atoms with E-state index in [-0.39, 0.29) is 16.5 Å². The molecule has 20 heavy (non-hydrogen) atoms. The molecular weight excluding hydrogens is 256 g/mol. The summed E-state index contributed by atoms with van der Waals surface area (Å²) in [5.74, 6) is 0.183. The summed E-state index contributed by atoms with van der Waals surface area (Å²) in [4.78, 5) is 23.6. The highest BCUT2D eigenvalue weighted by Gasteiger charge is 2.19. The maximum Gasteiger partial charge on any atom is 0.270 e. The van der Waals surface area contributed by atoms with Crippen LogP contribution in [0.15, 0.2) is 18.2 Å². The first-order valence-electron chi connectivity index (χ1n) is 7.07. The first-order valence-corrected chi connectivity index (χ1v) is 7.07. The summed E-state index contributed by atoms with van der Waals surface area (Å²) in [5.41, 5.74) is 2.15. The number of benzene rings is 1. The third-order valence-electron chi connectivity index (χ3n) is 3.89. The van der Waals surface area contributed by atoms with E-state index < -0.39 is 0 Å². The topological polar surface area (TPSA) is 63.5 Å². The molecule has 0 bridgehead atoms. The molecule has 1 aromatic carbocycles. The van der Waals surface area contributed by atoms with Crippen molar-refractivity contribution in [1.29, 1.82) is 0 Å². The molecule has 2 rings (SSSR count). The van der Waals surface area contributed by atoms with Gasteiger partial charge in [-0.05, 0) is 43.5 Å².